The van der Waals surface area contributed by atoms with Crippen LogP contribution in [0.5, 0.6) is 0 Å². The molecule has 0 saturated carbocycles. The number of aromatic nitrogens is 2. The predicted octanol–water partition coefficient (Wildman–Crippen LogP) is 2.94. The summed E-state index contributed by atoms with van der Waals surface area (Å²) in [4.78, 5) is 26.8. The van der Waals surface area contributed by atoms with Gasteiger partial charge in [-0.3, -0.25) is 9.59 Å². The average Bonchev–Trinajstić information content (AvgIpc) is 3.09. The van der Waals surface area contributed by atoms with Crippen LogP contribution in [0.25, 0.3) is 0 Å². The van der Waals surface area contributed by atoms with Crippen molar-refractivity contribution in [3.8, 4) is 0 Å². The SMILES string of the molecule is O=C(c1ccccc1Cl)N1CCC(Cn2nc3c(cc2=O)CCC3)CC1. The van der Waals surface area contributed by atoms with Crippen molar-refractivity contribution in [3.05, 3.63) is 62.5 Å². The molecule has 26 heavy (non-hydrogen) atoms. The number of rotatable bonds is 3. The van der Waals surface area contributed by atoms with Gasteiger partial charge in [0.05, 0.1) is 16.3 Å². The number of halogens is 1. The maximum Gasteiger partial charge on any atom is 0.267 e. The number of carbonyl (C=O) groups excluding carboxylic acids is 1. The molecule has 1 aliphatic carbocycles. The molecule has 1 aromatic heterocycles. The quantitative estimate of drug-likeness (QED) is 0.833. The second-order valence-corrected chi connectivity index (χ2v) is 7.61. The van der Waals surface area contributed by atoms with Crippen LogP contribution in [0, 0.1) is 5.92 Å². The Balaban J connectivity index is 1.39. The monoisotopic (exact) mass is 371 g/mol. The van der Waals surface area contributed by atoms with E-state index in [-0.39, 0.29) is 11.5 Å². The Hall–Kier alpha value is -2.14. The molecular weight excluding hydrogens is 350 g/mol. The van der Waals surface area contributed by atoms with E-state index in [1.54, 1.807) is 22.9 Å². The Bertz CT molecular complexity index is 885. The number of hydrogen-bond acceptors (Lipinski definition) is 3. The number of nitrogens with zero attached hydrogens (tertiary/aromatic N) is 3. The summed E-state index contributed by atoms with van der Waals surface area (Å²) in [5.41, 5.74) is 2.76. The molecule has 136 valence electrons. The first-order valence-corrected chi connectivity index (χ1v) is 9.63. The third-order valence-corrected chi connectivity index (χ3v) is 5.79. The van der Waals surface area contributed by atoms with Gasteiger partial charge in [-0.1, -0.05) is 23.7 Å². The highest BCUT2D eigenvalue weighted by Crippen LogP contribution is 2.23. The first-order valence-electron chi connectivity index (χ1n) is 9.25. The molecule has 5 nitrogen and oxygen atoms in total. The zero-order chi connectivity index (χ0) is 18.1. The first kappa shape index (κ1) is 17.3. The highest BCUT2D eigenvalue weighted by molar-refractivity contribution is 6.33. The minimum atomic E-state index is -0.0122. The number of benzene rings is 1. The van der Waals surface area contributed by atoms with Gasteiger partial charge in [-0.2, -0.15) is 5.10 Å². The second-order valence-electron chi connectivity index (χ2n) is 7.21. The number of carbonyl (C=O) groups is 1. The van der Waals surface area contributed by atoms with Crippen molar-refractivity contribution in [2.75, 3.05) is 13.1 Å². The van der Waals surface area contributed by atoms with Crippen molar-refractivity contribution in [1.82, 2.24) is 14.7 Å². The minimum absolute atomic E-state index is 0.000207. The summed E-state index contributed by atoms with van der Waals surface area (Å²) < 4.78 is 1.63. The zero-order valence-corrected chi connectivity index (χ0v) is 15.4. The Morgan fingerprint density at radius 1 is 1.19 bits per heavy atom. The lowest BCUT2D eigenvalue weighted by atomic mass is 9.96. The van der Waals surface area contributed by atoms with Gasteiger partial charge in [0.15, 0.2) is 0 Å². The number of piperidine rings is 1. The van der Waals surface area contributed by atoms with Gasteiger partial charge in [-0.05, 0) is 55.7 Å². The van der Waals surface area contributed by atoms with E-state index in [4.69, 9.17) is 11.6 Å². The molecule has 2 aromatic rings. The standard InChI is InChI=1S/C20H22ClN3O2/c21-17-6-2-1-5-16(17)20(26)23-10-8-14(9-11-23)13-24-19(25)12-15-4-3-7-18(15)22-24/h1-2,5-6,12,14H,3-4,7-11,13H2. The average molecular weight is 372 g/mol. The number of amides is 1. The number of likely N-dealkylation sites (tertiary alicyclic amines) is 1. The second kappa shape index (κ2) is 7.23. The summed E-state index contributed by atoms with van der Waals surface area (Å²) in [6, 6.07) is 8.92. The van der Waals surface area contributed by atoms with Crippen LogP contribution in [-0.4, -0.2) is 33.7 Å². The smallest absolute Gasteiger partial charge is 0.267 e. The maximum absolute atomic E-state index is 12.6. The van der Waals surface area contributed by atoms with Gasteiger partial charge in [0.1, 0.15) is 0 Å². The first-order chi connectivity index (χ1) is 12.6. The van der Waals surface area contributed by atoms with Crippen LogP contribution in [0.3, 0.4) is 0 Å². The molecule has 1 amide bonds. The molecule has 1 saturated heterocycles. The third kappa shape index (κ3) is 3.40. The molecule has 0 spiro atoms. The molecule has 1 aliphatic heterocycles. The van der Waals surface area contributed by atoms with Gasteiger partial charge in [-0.15, -0.1) is 0 Å². The fraction of sp³-hybridized carbons (Fsp3) is 0.450. The number of hydrogen-bond donors (Lipinski definition) is 0. The predicted molar refractivity (Wildman–Crippen MR) is 101 cm³/mol. The molecule has 0 atom stereocenters. The van der Waals surface area contributed by atoms with Gasteiger partial charge in [0.25, 0.3) is 11.5 Å². The van der Waals surface area contributed by atoms with Crippen LogP contribution < -0.4 is 5.56 Å². The van der Waals surface area contributed by atoms with Crippen LogP contribution in [0.1, 0.15) is 40.9 Å². The molecule has 2 heterocycles. The van der Waals surface area contributed by atoms with E-state index in [9.17, 15) is 9.59 Å². The lowest BCUT2D eigenvalue weighted by Crippen LogP contribution is -2.40. The normalized spacial score (nSPS) is 17.3. The van der Waals surface area contributed by atoms with E-state index < -0.39 is 0 Å². The van der Waals surface area contributed by atoms with Gasteiger partial charge < -0.3 is 4.90 Å². The highest BCUT2D eigenvalue weighted by Gasteiger charge is 2.25. The molecule has 0 bridgehead atoms. The van der Waals surface area contributed by atoms with Gasteiger partial charge in [-0.25, -0.2) is 4.68 Å². The van der Waals surface area contributed by atoms with Crippen molar-refractivity contribution < 1.29 is 4.79 Å². The van der Waals surface area contributed by atoms with E-state index in [2.05, 4.69) is 5.10 Å². The minimum Gasteiger partial charge on any atom is -0.339 e. The van der Waals surface area contributed by atoms with E-state index in [1.807, 2.05) is 17.0 Å². The van der Waals surface area contributed by atoms with E-state index in [0.717, 1.165) is 43.4 Å². The molecule has 0 unspecified atom stereocenters. The topological polar surface area (TPSA) is 55.2 Å². The Labute approximate surface area is 157 Å². The fourth-order valence-corrected chi connectivity index (χ4v) is 4.15. The summed E-state index contributed by atoms with van der Waals surface area (Å²) in [6.45, 7) is 2.02. The molecule has 6 heteroatoms. The van der Waals surface area contributed by atoms with Crippen LogP contribution in [0.15, 0.2) is 35.1 Å². The van der Waals surface area contributed by atoms with Crippen molar-refractivity contribution >= 4 is 17.5 Å². The highest BCUT2D eigenvalue weighted by atomic mass is 35.5. The van der Waals surface area contributed by atoms with Crippen LogP contribution in [-0.2, 0) is 19.4 Å². The van der Waals surface area contributed by atoms with E-state index in [1.165, 1.54) is 0 Å². The molecule has 4 rings (SSSR count). The maximum atomic E-state index is 12.6. The number of fused-ring (bicyclic) bond motifs is 1. The van der Waals surface area contributed by atoms with E-state index >= 15 is 0 Å². The summed E-state index contributed by atoms with van der Waals surface area (Å²) in [5, 5.41) is 5.06. The molecule has 2 aliphatic rings. The van der Waals surface area contributed by atoms with Crippen LogP contribution >= 0.6 is 11.6 Å². The Kier molecular flexibility index (Phi) is 4.81. The van der Waals surface area contributed by atoms with E-state index in [0.29, 0.717) is 36.1 Å². The van der Waals surface area contributed by atoms with Crippen molar-refractivity contribution in [2.45, 2.75) is 38.6 Å². The van der Waals surface area contributed by atoms with Crippen LogP contribution in [0.2, 0.25) is 5.02 Å². The molecule has 0 radical (unpaired) electrons. The van der Waals surface area contributed by atoms with Crippen molar-refractivity contribution in [1.29, 1.82) is 0 Å². The molecule has 1 fully saturated rings. The summed E-state index contributed by atoms with van der Waals surface area (Å²) in [6.07, 6.45) is 4.79. The van der Waals surface area contributed by atoms with Crippen LogP contribution in [0.4, 0.5) is 0 Å². The molecule has 1 aromatic carbocycles. The lowest BCUT2D eigenvalue weighted by Gasteiger charge is -2.32. The lowest BCUT2D eigenvalue weighted by molar-refractivity contribution is 0.0680. The Morgan fingerprint density at radius 3 is 2.73 bits per heavy atom. The largest absolute Gasteiger partial charge is 0.339 e. The van der Waals surface area contributed by atoms with Crippen molar-refractivity contribution in [2.24, 2.45) is 5.92 Å². The van der Waals surface area contributed by atoms with Gasteiger partial charge >= 0.3 is 0 Å². The molecule has 0 N–H and O–H groups in total. The summed E-state index contributed by atoms with van der Waals surface area (Å²) >= 11 is 6.14. The Morgan fingerprint density at radius 2 is 1.96 bits per heavy atom. The zero-order valence-electron chi connectivity index (χ0n) is 14.7. The van der Waals surface area contributed by atoms with Gasteiger partial charge in [0, 0.05) is 25.7 Å². The molecular formula is C20H22ClN3O2. The number of aryl methyl sites for hydroxylation is 2. The van der Waals surface area contributed by atoms with Gasteiger partial charge in [0.2, 0.25) is 0 Å². The third-order valence-electron chi connectivity index (χ3n) is 5.46. The van der Waals surface area contributed by atoms with Crippen molar-refractivity contribution in [3.63, 3.8) is 0 Å². The fourth-order valence-electron chi connectivity index (χ4n) is 3.94. The summed E-state index contributed by atoms with van der Waals surface area (Å²) in [7, 11) is 0. The summed E-state index contributed by atoms with van der Waals surface area (Å²) in [5.74, 6) is 0.358.